The summed E-state index contributed by atoms with van der Waals surface area (Å²) in [5.74, 6) is -1.46. The van der Waals surface area contributed by atoms with Gasteiger partial charge in [-0.05, 0) is 23.6 Å². The number of aliphatic carboxylic acids is 1. The van der Waals surface area contributed by atoms with E-state index < -0.39 is 28.8 Å². The van der Waals surface area contributed by atoms with Crippen LogP contribution in [0.2, 0.25) is 10.0 Å². The average Bonchev–Trinajstić information content (AvgIpc) is 2.78. The SMILES string of the molecule is CC(C)CNc1c(N[C@@H](Cc2ccc(NC(=O)c3c(Cl)cncc3Cl)cc2)C(=O)O)c(=O)c1=O. The summed E-state index contributed by atoms with van der Waals surface area (Å²) in [6, 6.07) is 5.34. The van der Waals surface area contributed by atoms with Gasteiger partial charge in [-0.3, -0.25) is 19.4 Å². The third-order valence-electron chi connectivity index (χ3n) is 4.95. The van der Waals surface area contributed by atoms with Crippen LogP contribution in [0.25, 0.3) is 0 Å². The monoisotopic (exact) mass is 504 g/mol. The molecule has 11 heteroatoms. The van der Waals surface area contributed by atoms with Gasteiger partial charge in [0, 0.05) is 31.0 Å². The van der Waals surface area contributed by atoms with Crippen LogP contribution in [0.15, 0.2) is 46.2 Å². The zero-order valence-corrected chi connectivity index (χ0v) is 19.8. The lowest BCUT2D eigenvalue weighted by atomic mass is 10.0. The van der Waals surface area contributed by atoms with Gasteiger partial charge in [0.1, 0.15) is 17.4 Å². The first-order chi connectivity index (χ1) is 16.1. The van der Waals surface area contributed by atoms with E-state index in [1.807, 2.05) is 13.8 Å². The van der Waals surface area contributed by atoms with Crippen molar-refractivity contribution in [2.24, 2.45) is 5.92 Å². The van der Waals surface area contributed by atoms with E-state index in [4.69, 9.17) is 23.2 Å². The van der Waals surface area contributed by atoms with Crippen LogP contribution in [-0.2, 0) is 11.2 Å². The largest absolute Gasteiger partial charge is 0.480 e. The Morgan fingerprint density at radius 3 is 2.15 bits per heavy atom. The van der Waals surface area contributed by atoms with E-state index in [2.05, 4.69) is 20.9 Å². The van der Waals surface area contributed by atoms with Gasteiger partial charge >= 0.3 is 5.97 Å². The van der Waals surface area contributed by atoms with Crippen molar-refractivity contribution in [1.29, 1.82) is 0 Å². The zero-order chi connectivity index (χ0) is 25.0. The highest BCUT2D eigenvalue weighted by atomic mass is 35.5. The number of anilines is 3. The van der Waals surface area contributed by atoms with Crippen molar-refractivity contribution >= 4 is 52.1 Å². The maximum absolute atomic E-state index is 12.5. The molecule has 0 aliphatic heterocycles. The molecule has 0 saturated carbocycles. The fourth-order valence-electron chi connectivity index (χ4n) is 3.16. The molecule has 9 nitrogen and oxygen atoms in total. The van der Waals surface area contributed by atoms with E-state index in [0.29, 0.717) is 17.8 Å². The fraction of sp³-hybridized carbons (Fsp3) is 0.261. The lowest BCUT2D eigenvalue weighted by Crippen LogP contribution is -2.42. The molecule has 3 aromatic rings. The Kier molecular flexibility index (Phi) is 7.90. The molecule has 0 radical (unpaired) electrons. The van der Waals surface area contributed by atoms with Gasteiger partial charge in [-0.25, -0.2) is 4.79 Å². The third-order valence-corrected chi connectivity index (χ3v) is 5.52. The molecule has 0 unspecified atom stereocenters. The number of nitrogens with zero attached hydrogens (tertiary/aromatic N) is 1. The first kappa shape index (κ1) is 25.2. The Labute approximate surface area is 204 Å². The summed E-state index contributed by atoms with van der Waals surface area (Å²) in [6.45, 7) is 4.36. The molecule has 0 fully saturated rings. The Bertz CT molecular complexity index is 1260. The standard InChI is InChI=1S/C23H22Cl2N4O5/c1-11(2)8-27-18-19(21(31)20(18)30)29-16(23(33)34)7-12-3-5-13(6-4-12)28-22(32)17-14(24)9-26-10-15(17)25/h3-6,9-11,16,27,29H,7-8H2,1-2H3,(H,28,32)(H,33,34)/t16-/m0/s1. The number of carbonyl (C=O) groups excluding carboxylic acids is 1. The van der Waals surface area contributed by atoms with Gasteiger partial charge in [-0.15, -0.1) is 0 Å². The highest BCUT2D eigenvalue weighted by molar-refractivity contribution is 6.40. The number of rotatable bonds is 10. The predicted octanol–water partition coefficient (Wildman–Crippen LogP) is 3.41. The number of hydrogen-bond acceptors (Lipinski definition) is 7. The van der Waals surface area contributed by atoms with Crippen molar-refractivity contribution < 1.29 is 14.7 Å². The van der Waals surface area contributed by atoms with Crippen molar-refractivity contribution in [3.63, 3.8) is 0 Å². The van der Waals surface area contributed by atoms with E-state index in [1.54, 1.807) is 24.3 Å². The van der Waals surface area contributed by atoms with E-state index in [0.717, 1.165) is 0 Å². The fourth-order valence-corrected chi connectivity index (χ4v) is 3.70. The number of nitrogens with one attached hydrogen (secondary N) is 3. The van der Waals surface area contributed by atoms with Gasteiger partial charge in [0.15, 0.2) is 0 Å². The Morgan fingerprint density at radius 2 is 1.59 bits per heavy atom. The Morgan fingerprint density at radius 1 is 1.00 bits per heavy atom. The smallest absolute Gasteiger partial charge is 0.326 e. The number of aromatic nitrogens is 1. The molecule has 4 N–H and O–H groups in total. The summed E-state index contributed by atoms with van der Waals surface area (Å²) in [4.78, 5) is 51.9. The van der Waals surface area contributed by atoms with Crippen molar-refractivity contribution in [2.45, 2.75) is 26.3 Å². The Balaban J connectivity index is 1.69. The van der Waals surface area contributed by atoms with Crippen molar-refractivity contribution in [3.8, 4) is 0 Å². The lowest BCUT2D eigenvalue weighted by molar-refractivity contribution is -0.137. The van der Waals surface area contributed by atoms with Gasteiger partial charge in [-0.2, -0.15) is 0 Å². The minimum atomic E-state index is -1.18. The number of amides is 1. The van der Waals surface area contributed by atoms with Crippen LogP contribution in [-0.4, -0.2) is 34.6 Å². The van der Waals surface area contributed by atoms with Crippen LogP contribution >= 0.6 is 23.2 Å². The zero-order valence-electron chi connectivity index (χ0n) is 18.3. The molecule has 0 aliphatic carbocycles. The molecule has 0 bridgehead atoms. The van der Waals surface area contributed by atoms with Crippen LogP contribution < -0.4 is 26.8 Å². The maximum atomic E-state index is 12.5. The first-order valence-electron chi connectivity index (χ1n) is 10.3. The molecule has 1 atom stereocenters. The highest BCUT2D eigenvalue weighted by Gasteiger charge is 2.26. The number of pyridine rings is 1. The number of benzene rings is 1. The van der Waals surface area contributed by atoms with Crippen molar-refractivity contribution in [3.05, 3.63) is 78.3 Å². The maximum Gasteiger partial charge on any atom is 0.326 e. The minimum Gasteiger partial charge on any atom is -0.480 e. The van der Waals surface area contributed by atoms with Crippen LogP contribution in [0, 0.1) is 5.92 Å². The van der Waals surface area contributed by atoms with Crippen molar-refractivity contribution in [1.82, 2.24) is 4.98 Å². The molecule has 1 aromatic heterocycles. The number of carbonyl (C=O) groups is 2. The summed E-state index contributed by atoms with van der Waals surface area (Å²) in [5.41, 5.74) is -0.156. The Hall–Kier alpha value is -3.43. The molecule has 1 heterocycles. The summed E-state index contributed by atoms with van der Waals surface area (Å²) in [5, 5.41) is 18.1. The highest BCUT2D eigenvalue weighted by Crippen LogP contribution is 2.24. The number of hydrogen-bond donors (Lipinski definition) is 4. The van der Waals surface area contributed by atoms with E-state index in [1.165, 1.54) is 12.4 Å². The van der Waals surface area contributed by atoms with Gasteiger partial charge in [0.05, 0.1) is 15.6 Å². The van der Waals surface area contributed by atoms with Crippen LogP contribution in [0.4, 0.5) is 17.1 Å². The molecular formula is C23H22Cl2N4O5. The van der Waals surface area contributed by atoms with E-state index in [-0.39, 0.29) is 39.3 Å². The molecule has 0 saturated heterocycles. The van der Waals surface area contributed by atoms with Crippen LogP contribution in [0.3, 0.4) is 0 Å². The number of carboxylic acids is 1. The van der Waals surface area contributed by atoms with Crippen LogP contribution in [0.1, 0.15) is 29.8 Å². The molecule has 0 aliphatic rings. The molecular weight excluding hydrogens is 483 g/mol. The lowest BCUT2D eigenvalue weighted by Gasteiger charge is -2.20. The van der Waals surface area contributed by atoms with Gasteiger partial charge in [0.2, 0.25) is 0 Å². The molecule has 178 valence electrons. The number of halogens is 2. The molecule has 1 amide bonds. The second-order valence-electron chi connectivity index (χ2n) is 8.05. The summed E-state index contributed by atoms with van der Waals surface area (Å²) >= 11 is 12.0. The molecule has 3 rings (SSSR count). The van der Waals surface area contributed by atoms with Gasteiger partial charge < -0.3 is 21.1 Å². The first-order valence-corrected chi connectivity index (χ1v) is 11.1. The second-order valence-corrected chi connectivity index (χ2v) is 8.87. The quantitative estimate of drug-likeness (QED) is 0.308. The van der Waals surface area contributed by atoms with Gasteiger partial charge in [0.25, 0.3) is 16.8 Å². The summed E-state index contributed by atoms with van der Waals surface area (Å²) < 4.78 is 0. The summed E-state index contributed by atoms with van der Waals surface area (Å²) in [6.07, 6.45) is 2.65. The minimum absolute atomic E-state index is 0.0203. The molecule has 0 spiro atoms. The topological polar surface area (TPSA) is 137 Å². The van der Waals surface area contributed by atoms with Crippen LogP contribution in [0.5, 0.6) is 0 Å². The van der Waals surface area contributed by atoms with E-state index in [9.17, 15) is 24.3 Å². The molecule has 2 aromatic carbocycles. The third kappa shape index (κ3) is 5.73. The normalized spacial score (nSPS) is 11.9. The average molecular weight is 505 g/mol. The predicted molar refractivity (Wildman–Crippen MR) is 132 cm³/mol. The second kappa shape index (κ2) is 10.7. The number of carboxylic acid groups (broad SMARTS) is 1. The summed E-state index contributed by atoms with van der Waals surface area (Å²) in [7, 11) is 0. The molecule has 34 heavy (non-hydrogen) atoms. The van der Waals surface area contributed by atoms with Crippen molar-refractivity contribution in [2.75, 3.05) is 22.5 Å². The van der Waals surface area contributed by atoms with E-state index >= 15 is 0 Å². The van der Waals surface area contributed by atoms with Gasteiger partial charge in [-0.1, -0.05) is 49.2 Å².